The number of pyridine rings is 1. The zero-order chi connectivity index (χ0) is 21.3. The van der Waals surface area contributed by atoms with Gasteiger partial charge in [0.1, 0.15) is 11.5 Å². The van der Waals surface area contributed by atoms with Gasteiger partial charge in [-0.1, -0.05) is 0 Å². The Bertz CT molecular complexity index is 1150. The molecule has 0 bridgehead atoms. The van der Waals surface area contributed by atoms with Crippen LogP contribution in [0.25, 0.3) is 10.8 Å². The Morgan fingerprint density at radius 3 is 2.07 bits per heavy atom. The number of halogens is 2. The molecule has 0 radical (unpaired) electrons. The van der Waals surface area contributed by atoms with Crippen LogP contribution < -0.4 is 14.2 Å². The van der Waals surface area contributed by atoms with Crippen molar-refractivity contribution in [3.05, 3.63) is 58.9 Å². The molecule has 1 aromatic heterocycles. The summed E-state index contributed by atoms with van der Waals surface area (Å²) in [5.41, 5.74) is -1.43. The summed E-state index contributed by atoms with van der Waals surface area (Å²) in [7, 11) is 3.89. The molecular formula is C20H15F2NO6. The van der Waals surface area contributed by atoms with Gasteiger partial charge in [0.2, 0.25) is 5.78 Å². The number of carbonyl (C=O) groups excluding carboxylic acids is 1. The van der Waals surface area contributed by atoms with Crippen molar-refractivity contribution in [3.63, 3.8) is 0 Å². The number of ketones is 1. The van der Waals surface area contributed by atoms with Gasteiger partial charge in [0.25, 0.3) is 0 Å². The lowest BCUT2D eigenvalue weighted by atomic mass is 9.98. The molecule has 9 heteroatoms. The van der Waals surface area contributed by atoms with Crippen LogP contribution in [0.3, 0.4) is 0 Å². The second-order valence-corrected chi connectivity index (χ2v) is 5.85. The van der Waals surface area contributed by atoms with Gasteiger partial charge >= 0.3 is 5.97 Å². The first-order valence-electron chi connectivity index (χ1n) is 8.18. The van der Waals surface area contributed by atoms with Crippen molar-refractivity contribution in [2.75, 3.05) is 21.3 Å². The number of hydrogen-bond acceptors (Lipinski definition) is 6. The third-order valence-electron chi connectivity index (χ3n) is 4.34. The van der Waals surface area contributed by atoms with Gasteiger partial charge in [-0.2, -0.15) is 0 Å². The van der Waals surface area contributed by atoms with E-state index >= 15 is 0 Å². The number of carbonyl (C=O) groups is 2. The summed E-state index contributed by atoms with van der Waals surface area (Å²) < 4.78 is 44.0. The highest BCUT2D eigenvalue weighted by Crippen LogP contribution is 2.36. The predicted molar refractivity (Wildman–Crippen MR) is 98.1 cm³/mol. The molecule has 0 spiro atoms. The first-order chi connectivity index (χ1) is 13.8. The van der Waals surface area contributed by atoms with Gasteiger partial charge in [-0.3, -0.25) is 9.78 Å². The molecule has 0 fully saturated rings. The summed E-state index contributed by atoms with van der Waals surface area (Å²) in [6.45, 7) is 0. The summed E-state index contributed by atoms with van der Waals surface area (Å²) in [6, 6.07) is 4.63. The van der Waals surface area contributed by atoms with E-state index < -0.39 is 29.0 Å². The van der Waals surface area contributed by atoms with Gasteiger partial charge in [0, 0.05) is 17.0 Å². The highest BCUT2D eigenvalue weighted by molar-refractivity contribution is 6.18. The molecule has 0 saturated heterocycles. The van der Waals surface area contributed by atoms with Crippen LogP contribution in [0.2, 0.25) is 0 Å². The van der Waals surface area contributed by atoms with E-state index in [0.717, 1.165) is 18.3 Å². The predicted octanol–water partition coefficient (Wildman–Crippen LogP) is 3.47. The smallest absolute Gasteiger partial charge is 0.337 e. The molecule has 0 saturated carbocycles. The lowest BCUT2D eigenvalue weighted by Crippen LogP contribution is -2.12. The number of methoxy groups -OCH3 is 3. The number of carboxylic acids is 1. The molecule has 7 nitrogen and oxygen atoms in total. The van der Waals surface area contributed by atoms with Gasteiger partial charge in [0.05, 0.1) is 32.5 Å². The normalized spacial score (nSPS) is 10.7. The van der Waals surface area contributed by atoms with Crippen molar-refractivity contribution in [3.8, 4) is 17.2 Å². The van der Waals surface area contributed by atoms with Crippen molar-refractivity contribution in [2.45, 2.75) is 0 Å². The lowest BCUT2D eigenvalue weighted by Gasteiger charge is -2.13. The van der Waals surface area contributed by atoms with Gasteiger partial charge < -0.3 is 19.3 Å². The number of benzene rings is 2. The van der Waals surface area contributed by atoms with Crippen LogP contribution in [-0.4, -0.2) is 43.2 Å². The molecule has 0 aliphatic heterocycles. The molecule has 0 atom stereocenters. The van der Waals surface area contributed by atoms with Gasteiger partial charge in [-0.25, -0.2) is 13.6 Å². The largest absolute Gasteiger partial charge is 0.494 e. The van der Waals surface area contributed by atoms with Crippen LogP contribution >= 0.6 is 0 Å². The SMILES string of the molecule is COc1cc2c(C(=O)O)cnc(C(=O)c3c(F)ccc(OC)c3F)c2cc1OC. The molecule has 0 aliphatic rings. The van der Waals surface area contributed by atoms with Gasteiger partial charge in [-0.15, -0.1) is 0 Å². The number of carboxylic acid groups (broad SMARTS) is 1. The monoisotopic (exact) mass is 403 g/mol. The molecule has 0 unspecified atom stereocenters. The maximum absolute atomic E-state index is 14.6. The maximum Gasteiger partial charge on any atom is 0.337 e. The Hall–Kier alpha value is -3.75. The second-order valence-electron chi connectivity index (χ2n) is 5.85. The first kappa shape index (κ1) is 20.0. The number of ether oxygens (including phenoxy) is 3. The fourth-order valence-corrected chi connectivity index (χ4v) is 2.93. The second kappa shape index (κ2) is 7.70. The number of aromatic carboxylic acids is 1. The van der Waals surface area contributed by atoms with E-state index in [4.69, 9.17) is 14.2 Å². The van der Waals surface area contributed by atoms with E-state index in [2.05, 4.69) is 4.98 Å². The quantitative estimate of drug-likeness (QED) is 0.630. The minimum absolute atomic E-state index is 0.0363. The Morgan fingerprint density at radius 2 is 1.52 bits per heavy atom. The molecular weight excluding hydrogens is 388 g/mol. The minimum Gasteiger partial charge on any atom is -0.494 e. The topological polar surface area (TPSA) is 95.0 Å². The van der Waals surface area contributed by atoms with E-state index in [9.17, 15) is 23.5 Å². The van der Waals surface area contributed by atoms with E-state index in [1.165, 1.54) is 33.5 Å². The number of hydrogen-bond donors (Lipinski definition) is 1. The molecule has 1 heterocycles. The van der Waals surface area contributed by atoms with Crippen LogP contribution in [0.15, 0.2) is 30.5 Å². The molecule has 3 rings (SSSR count). The van der Waals surface area contributed by atoms with Crippen LogP contribution in [-0.2, 0) is 0 Å². The summed E-state index contributed by atoms with van der Waals surface area (Å²) >= 11 is 0. The third kappa shape index (κ3) is 3.31. The average molecular weight is 403 g/mol. The van der Waals surface area contributed by atoms with Crippen molar-refractivity contribution >= 4 is 22.5 Å². The molecule has 0 amide bonds. The van der Waals surface area contributed by atoms with E-state index in [0.29, 0.717) is 0 Å². The van der Waals surface area contributed by atoms with Gasteiger partial charge in [0.15, 0.2) is 23.1 Å². The molecule has 2 aromatic carbocycles. The van der Waals surface area contributed by atoms with Crippen molar-refractivity contribution in [1.82, 2.24) is 4.98 Å². The minimum atomic E-state index is -1.30. The van der Waals surface area contributed by atoms with Gasteiger partial charge in [-0.05, 0) is 24.3 Å². The number of nitrogens with zero attached hydrogens (tertiary/aromatic N) is 1. The highest BCUT2D eigenvalue weighted by Gasteiger charge is 2.27. The Kier molecular flexibility index (Phi) is 5.31. The molecule has 0 aliphatic carbocycles. The number of rotatable bonds is 6. The fourth-order valence-electron chi connectivity index (χ4n) is 2.93. The van der Waals surface area contributed by atoms with E-state index in [1.807, 2.05) is 0 Å². The summed E-state index contributed by atoms with van der Waals surface area (Å²) in [4.78, 5) is 28.4. The standard InChI is InChI=1S/C20H15F2NO6/c1-27-13-5-4-12(21)16(17(13)22)19(24)18-10-7-15(29-3)14(28-2)6-9(10)11(8-23-18)20(25)26/h4-8H,1-3H3,(H,25,26). The van der Waals surface area contributed by atoms with E-state index in [-0.39, 0.29) is 39.3 Å². The number of fused-ring (bicyclic) bond motifs is 1. The first-order valence-corrected chi connectivity index (χ1v) is 8.18. The van der Waals surface area contributed by atoms with Crippen LogP contribution in [0.4, 0.5) is 8.78 Å². The fraction of sp³-hybridized carbons (Fsp3) is 0.150. The Balaban J connectivity index is 2.35. The Labute approximate surface area is 163 Å². The van der Waals surface area contributed by atoms with Crippen LogP contribution in [0.1, 0.15) is 26.4 Å². The highest BCUT2D eigenvalue weighted by atomic mass is 19.1. The maximum atomic E-state index is 14.6. The van der Waals surface area contributed by atoms with Crippen molar-refractivity contribution in [1.29, 1.82) is 0 Å². The summed E-state index contributed by atoms with van der Waals surface area (Å²) in [6.07, 6.45) is 0.944. The molecule has 29 heavy (non-hydrogen) atoms. The molecule has 1 N–H and O–H groups in total. The van der Waals surface area contributed by atoms with Crippen LogP contribution in [0, 0.1) is 11.6 Å². The van der Waals surface area contributed by atoms with Crippen molar-refractivity contribution in [2.24, 2.45) is 0 Å². The van der Waals surface area contributed by atoms with Crippen LogP contribution in [0.5, 0.6) is 17.2 Å². The summed E-state index contributed by atoms with van der Waals surface area (Å²) in [5, 5.41) is 9.57. The lowest BCUT2D eigenvalue weighted by molar-refractivity contribution is 0.0698. The van der Waals surface area contributed by atoms with Crippen molar-refractivity contribution < 1.29 is 37.7 Å². The summed E-state index contributed by atoms with van der Waals surface area (Å²) in [5.74, 6) is -4.59. The Morgan fingerprint density at radius 1 is 0.931 bits per heavy atom. The third-order valence-corrected chi connectivity index (χ3v) is 4.34. The zero-order valence-electron chi connectivity index (χ0n) is 15.6. The van der Waals surface area contributed by atoms with E-state index in [1.54, 1.807) is 0 Å². The average Bonchev–Trinajstić information content (AvgIpc) is 2.71. The molecule has 3 aromatic rings. The molecule has 150 valence electrons. The zero-order valence-corrected chi connectivity index (χ0v) is 15.6. The number of aromatic nitrogens is 1.